The molecular formula is C22H19ClFN5O2S2. The Labute approximate surface area is 203 Å². The second-order valence-electron chi connectivity index (χ2n) is 6.98. The third-order valence-corrected chi connectivity index (χ3v) is 6.66. The van der Waals surface area contributed by atoms with Gasteiger partial charge in [0, 0.05) is 18.0 Å². The third kappa shape index (κ3) is 5.70. The van der Waals surface area contributed by atoms with Gasteiger partial charge < -0.3 is 14.6 Å². The van der Waals surface area contributed by atoms with Gasteiger partial charge in [0.25, 0.3) is 0 Å². The van der Waals surface area contributed by atoms with Crippen LogP contribution in [0.15, 0.2) is 59.1 Å². The number of carbonyl (C=O) groups is 1. The number of nitrogens with one attached hydrogen (secondary N) is 1. The zero-order chi connectivity index (χ0) is 23.4. The summed E-state index contributed by atoms with van der Waals surface area (Å²) in [4.78, 5) is 16.9. The van der Waals surface area contributed by atoms with Crippen molar-refractivity contribution in [2.45, 2.75) is 18.2 Å². The van der Waals surface area contributed by atoms with E-state index in [1.54, 1.807) is 18.5 Å². The molecule has 170 valence electrons. The first-order valence-electron chi connectivity index (χ1n) is 9.85. The number of ether oxygens (including phenoxy) is 1. The molecule has 0 aliphatic heterocycles. The van der Waals surface area contributed by atoms with Gasteiger partial charge in [0.15, 0.2) is 22.2 Å². The minimum Gasteiger partial charge on any atom is -0.481 e. The molecule has 0 fully saturated rings. The summed E-state index contributed by atoms with van der Waals surface area (Å²) in [5.74, 6) is 0.405. The number of hydrogen-bond acceptors (Lipinski definition) is 7. The van der Waals surface area contributed by atoms with E-state index in [0.29, 0.717) is 21.9 Å². The van der Waals surface area contributed by atoms with Gasteiger partial charge >= 0.3 is 0 Å². The van der Waals surface area contributed by atoms with Crippen molar-refractivity contribution >= 4 is 45.7 Å². The fourth-order valence-corrected chi connectivity index (χ4v) is 4.64. The number of carbonyl (C=O) groups excluding carboxylic acids is 1. The lowest BCUT2D eigenvalue weighted by atomic mass is 10.2. The van der Waals surface area contributed by atoms with Crippen LogP contribution in [-0.2, 0) is 11.8 Å². The van der Waals surface area contributed by atoms with Gasteiger partial charge in [0.05, 0.1) is 16.5 Å². The summed E-state index contributed by atoms with van der Waals surface area (Å²) in [6.45, 7) is 1.79. The predicted octanol–water partition coefficient (Wildman–Crippen LogP) is 5.60. The number of thiazole rings is 1. The maximum Gasteiger partial charge on any atom is 0.236 e. The largest absolute Gasteiger partial charge is 0.481 e. The van der Waals surface area contributed by atoms with Crippen LogP contribution >= 0.6 is 34.7 Å². The van der Waals surface area contributed by atoms with Crippen LogP contribution in [0.1, 0.15) is 18.9 Å². The molecule has 4 rings (SSSR count). The molecule has 2 aromatic heterocycles. The van der Waals surface area contributed by atoms with Crippen molar-refractivity contribution in [1.29, 1.82) is 0 Å². The lowest BCUT2D eigenvalue weighted by Crippen LogP contribution is -2.14. The first kappa shape index (κ1) is 23.2. The van der Waals surface area contributed by atoms with E-state index in [9.17, 15) is 9.18 Å². The van der Waals surface area contributed by atoms with E-state index < -0.39 is 11.9 Å². The molecule has 0 spiro atoms. The second kappa shape index (κ2) is 10.3. The molecule has 2 aromatic carbocycles. The van der Waals surface area contributed by atoms with Gasteiger partial charge in [0.2, 0.25) is 5.91 Å². The van der Waals surface area contributed by atoms with Gasteiger partial charge in [-0.2, -0.15) is 0 Å². The molecule has 4 aromatic rings. The van der Waals surface area contributed by atoms with Crippen molar-refractivity contribution in [3.63, 3.8) is 0 Å². The normalized spacial score (nSPS) is 11.9. The Bertz CT molecular complexity index is 1260. The first-order valence-corrected chi connectivity index (χ1v) is 12.1. The Balaban J connectivity index is 1.33. The minimum absolute atomic E-state index is 0.144. The van der Waals surface area contributed by atoms with Crippen LogP contribution in [0.25, 0.3) is 11.3 Å². The average Bonchev–Trinajstić information content (AvgIpc) is 3.41. The highest BCUT2D eigenvalue weighted by molar-refractivity contribution is 7.99. The molecule has 1 N–H and O–H groups in total. The molecule has 1 atom stereocenters. The maximum atomic E-state index is 13.2. The van der Waals surface area contributed by atoms with Crippen LogP contribution < -0.4 is 10.1 Å². The maximum absolute atomic E-state index is 13.2. The molecule has 7 nitrogen and oxygen atoms in total. The van der Waals surface area contributed by atoms with Gasteiger partial charge in [-0.3, -0.25) is 4.79 Å². The topological polar surface area (TPSA) is 81.9 Å². The van der Waals surface area contributed by atoms with Crippen molar-refractivity contribution in [3.05, 3.63) is 70.6 Å². The number of amides is 1. The van der Waals surface area contributed by atoms with Crippen molar-refractivity contribution in [3.8, 4) is 17.0 Å². The van der Waals surface area contributed by atoms with Gasteiger partial charge in [-0.05, 0) is 25.1 Å². The number of thioether (sulfide) groups is 1. The van der Waals surface area contributed by atoms with E-state index >= 15 is 0 Å². The SMILES string of the molecule is CC(Oc1ccc(F)cc1Cl)c1nnc(SCC(=O)Nc2nc(-c3ccccc3)cs2)n1C. The third-order valence-electron chi connectivity index (χ3n) is 4.58. The summed E-state index contributed by atoms with van der Waals surface area (Å²) >= 11 is 8.66. The number of nitrogens with zero attached hydrogens (tertiary/aromatic N) is 4. The van der Waals surface area contributed by atoms with Crippen LogP contribution in [0, 0.1) is 5.82 Å². The smallest absolute Gasteiger partial charge is 0.236 e. The summed E-state index contributed by atoms with van der Waals surface area (Å²) < 4.78 is 20.8. The fraction of sp³-hybridized carbons (Fsp3) is 0.182. The summed E-state index contributed by atoms with van der Waals surface area (Å²) in [7, 11) is 1.79. The lowest BCUT2D eigenvalue weighted by molar-refractivity contribution is -0.113. The van der Waals surface area contributed by atoms with E-state index in [2.05, 4.69) is 20.5 Å². The molecule has 1 amide bonds. The van der Waals surface area contributed by atoms with Crippen molar-refractivity contribution < 1.29 is 13.9 Å². The fourth-order valence-electron chi connectivity index (χ4n) is 2.98. The number of aromatic nitrogens is 4. The molecule has 1 unspecified atom stereocenters. The molecule has 2 heterocycles. The van der Waals surface area contributed by atoms with E-state index in [1.807, 2.05) is 35.7 Å². The zero-order valence-corrected chi connectivity index (χ0v) is 20.0. The summed E-state index contributed by atoms with van der Waals surface area (Å²) in [6.07, 6.45) is -0.486. The molecule has 0 radical (unpaired) electrons. The number of anilines is 1. The van der Waals surface area contributed by atoms with Crippen molar-refractivity contribution in [1.82, 2.24) is 19.7 Å². The summed E-state index contributed by atoms with van der Waals surface area (Å²) in [5.41, 5.74) is 1.81. The minimum atomic E-state index is -0.486. The van der Waals surface area contributed by atoms with Gasteiger partial charge in [-0.25, -0.2) is 9.37 Å². The van der Waals surface area contributed by atoms with Crippen LogP contribution in [0.5, 0.6) is 5.75 Å². The Kier molecular flexibility index (Phi) is 7.26. The quantitative estimate of drug-likeness (QED) is 0.315. The molecule has 0 aliphatic rings. The Morgan fingerprint density at radius 3 is 2.82 bits per heavy atom. The number of hydrogen-bond donors (Lipinski definition) is 1. The van der Waals surface area contributed by atoms with E-state index in [0.717, 1.165) is 11.3 Å². The average molecular weight is 504 g/mol. The van der Waals surface area contributed by atoms with E-state index in [4.69, 9.17) is 16.3 Å². The van der Waals surface area contributed by atoms with Crippen LogP contribution in [0.3, 0.4) is 0 Å². The highest BCUT2D eigenvalue weighted by Gasteiger charge is 2.19. The highest BCUT2D eigenvalue weighted by atomic mass is 35.5. The molecule has 0 aliphatic carbocycles. The standard InChI is InChI=1S/C22H19ClFN5O2S2/c1-13(31-18-9-8-15(24)10-16(18)23)20-27-28-22(29(20)2)33-12-19(30)26-21-25-17(11-32-21)14-6-4-3-5-7-14/h3-11,13H,12H2,1-2H3,(H,25,26,30). The zero-order valence-electron chi connectivity index (χ0n) is 17.7. The van der Waals surface area contributed by atoms with Crippen molar-refractivity contribution in [2.24, 2.45) is 7.05 Å². The Morgan fingerprint density at radius 2 is 2.06 bits per heavy atom. The molecule has 0 saturated heterocycles. The van der Waals surface area contributed by atoms with E-state index in [1.165, 1.54) is 41.3 Å². The van der Waals surface area contributed by atoms with Crippen LogP contribution in [0.4, 0.5) is 9.52 Å². The molecule has 0 saturated carbocycles. The highest BCUT2D eigenvalue weighted by Crippen LogP contribution is 2.30. The van der Waals surface area contributed by atoms with Crippen LogP contribution in [-0.4, -0.2) is 31.4 Å². The second-order valence-corrected chi connectivity index (χ2v) is 9.18. The van der Waals surface area contributed by atoms with Gasteiger partial charge in [-0.15, -0.1) is 21.5 Å². The Hall–Kier alpha value is -2.95. The van der Waals surface area contributed by atoms with Crippen molar-refractivity contribution in [2.75, 3.05) is 11.1 Å². The molecule has 0 bridgehead atoms. The summed E-state index contributed by atoms with van der Waals surface area (Å²) in [5, 5.41) is 14.3. The molecular weight excluding hydrogens is 485 g/mol. The first-order chi connectivity index (χ1) is 15.9. The monoisotopic (exact) mass is 503 g/mol. The summed E-state index contributed by atoms with van der Waals surface area (Å²) in [6, 6.07) is 13.7. The molecule has 11 heteroatoms. The van der Waals surface area contributed by atoms with Gasteiger partial charge in [0.1, 0.15) is 11.6 Å². The van der Waals surface area contributed by atoms with Gasteiger partial charge in [-0.1, -0.05) is 53.7 Å². The molecule has 33 heavy (non-hydrogen) atoms. The Morgan fingerprint density at radius 1 is 1.27 bits per heavy atom. The van der Waals surface area contributed by atoms with Crippen LogP contribution in [0.2, 0.25) is 5.02 Å². The number of benzene rings is 2. The number of rotatable bonds is 8. The number of halogens is 2. The lowest BCUT2D eigenvalue weighted by Gasteiger charge is -2.15. The predicted molar refractivity (Wildman–Crippen MR) is 128 cm³/mol. The van der Waals surface area contributed by atoms with E-state index in [-0.39, 0.29) is 16.7 Å².